The van der Waals surface area contributed by atoms with E-state index < -0.39 is 40.1 Å². The summed E-state index contributed by atoms with van der Waals surface area (Å²) in [6, 6.07) is 14.0. The number of carbonyl (C=O) groups excluding carboxylic acids is 4. The molecule has 4 rings (SSSR count). The second-order valence-corrected chi connectivity index (χ2v) is 8.26. The number of hydrogen-bond acceptors (Lipinski definition) is 11. The van der Waals surface area contributed by atoms with E-state index in [1.165, 1.54) is 60.7 Å². The van der Waals surface area contributed by atoms with Crippen LogP contribution in [0.1, 0.15) is 41.4 Å². The van der Waals surface area contributed by atoms with Crippen LogP contribution in [0.15, 0.2) is 79.4 Å². The maximum atomic E-state index is 12.7. The first kappa shape index (κ1) is 27.7. The number of carbonyl (C=O) groups is 4. The van der Waals surface area contributed by atoms with Gasteiger partial charge in [0.1, 0.15) is 36.4 Å². The normalized spacial score (nSPS) is 13.4. The Balaban J connectivity index is 1.41. The first-order chi connectivity index (χ1) is 19.2. The van der Waals surface area contributed by atoms with E-state index in [0.717, 1.165) is 12.1 Å². The van der Waals surface area contributed by atoms with Crippen LogP contribution >= 0.6 is 0 Å². The van der Waals surface area contributed by atoms with E-state index >= 15 is 0 Å². The van der Waals surface area contributed by atoms with Crippen molar-refractivity contribution in [1.29, 1.82) is 0 Å². The predicted octanol–water partition coefficient (Wildman–Crippen LogP) is 3.93. The largest absolute Gasteiger partial charge is 0.459 e. The molecule has 1 aliphatic heterocycles. The quantitative estimate of drug-likeness (QED) is 0.0854. The van der Waals surface area contributed by atoms with Crippen LogP contribution in [0.25, 0.3) is 0 Å². The maximum absolute atomic E-state index is 12.7. The van der Waals surface area contributed by atoms with Gasteiger partial charge in [0.2, 0.25) is 0 Å². The molecule has 1 atom stereocenters. The Hall–Kier alpha value is -5.36. The summed E-state index contributed by atoms with van der Waals surface area (Å²) in [6.07, 6.45) is 1.34. The number of benzene rings is 3. The molecule has 0 amide bonds. The number of rotatable bonds is 11. The van der Waals surface area contributed by atoms with E-state index in [0.29, 0.717) is 6.61 Å². The van der Waals surface area contributed by atoms with Crippen LogP contribution in [0, 0.1) is 10.1 Å². The molecule has 0 spiro atoms. The lowest BCUT2D eigenvalue weighted by Gasteiger charge is -2.08. The summed E-state index contributed by atoms with van der Waals surface area (Å²) >= 11 is 0. The SMILES string of the molecule is C=CCOC(=O)c1ccc(OC(=O)c2ccc(C(=O)Oc3ccc(C(=O)OCC4CO4)cc3)c([N+](=O)[O-])c2)cc1. The van der Waals surface area contributed by atoms with Crippen molar-refractivity contribution in [3.63, 3.8) is 0 Å². The van der Waals surface area contributed by atoms with Crippen molar-refractivity contribution in [2.24, 2.45) is 0 Å². The standard InChI is InChI=1S/C28H21NO11/c1-2-13-36-25(30)17-3-8-20(9-4-17)39-27(32)19-7-12-23(24(14-19)29(34)35)28(33)40-21-10-5-18(6-11-21)26(31)38-16-22-15-37-22/h2-12,14,22H,1,13,15-16H2. The topological polar surface area (TPSA) is 161 Å². The average Bonchev–Trinajstić information content (AvgIpc) is 3.79. The van der Waals surface area contributed by atoms with Crippen LogP contribution in [0.4, 0.5) is 5.69 Å². The second-order valence-electron chi connectivity index (χ2n) is 8.26. The van der Waals surface area contributed by atoms with E-state index in [1.807, 2.05) is 0 Å². The van der Waals surface area contributed by atoms with Gasteiger partial charge in [-0.1, -0.05) is 12.7 Å². The van der Waals surface area contributed by atoms with Crippen LogP contribution < -0.4 is 9.47 Å². The average molecular weight is 547 g/mol. The molecule has 0 aliphatic carbocycles. The minimum Gasteiger partial charge on any atom is -0.459 e. The van der Waals surface area contributed by atoms with Gasteiger partial charge in [-0.2, -0.15) is 0 Å². The van der Waals surface area contributed by atoms with Crippen molar-refractivity contribution >= 4 is 29.6 Å². The number of nitro groups is 1. The van der Waals surface area contributed by atoms with Gasteiger partial charge in [-0.3, -0.25) is 10.1 Å². The third-order valence-electron chi connectivity index (χ3n) is 5.39. The fraction of sp³-hybridized carbons (Fsp3) is 0.143. The Bertz CT molecular complexity index is 1460. The number of nitrogens with zero attached hydrogens (tertiary/aromatic N) is 1. The highest BCUT2D eigenvalue weighted by molar-refractivity contribution is 5.99. The number of ether oxygens (including phenoxy) is 5. The Morgan fingerprint density at radius 3 is 1.88 bits per heavy atom. The molecule has 3 aromatic rings. The van der Waals surface area contributed by atoms with Crippen molar-refractivity contribution in [3.05, 3.63) is 112 Å². The fourth-order valence-electron chi connectivity index (χ4n) is 3.26. The lowest BCUT2D eigenvalue weighted by molar-refractivity contribution is -0.385. The summed E-state index contributed by atoms with van der Waals surface area (Å²) in [5.74, 6) is -3.04. The monoisotopic (exact) mass is 547 g/mol. The van der Waals surface area contributed by atoms with Crippen molar-refractivity contribution in [1.82, 2.24) is 0 Å². The molecule has 1 saturated heterocycles. The Morgan fingerprint density at radius 1 is 0.825 bits per heavy atom. The van der Waals surface area contributed by atoms with Gasteiger partial charge in [0, 0.05) is 6.07 Å². The smallest absolute Gasteiger partial charge is 0.350 e. The number of hydrogen-bond donors (Lipinski definition) is 0. The molecule has 1 unspecified atom stereocenters. The van der Waals surface area contributed by atoms with Crippen molar-refractivity contribution < 1.29 is 47.8 Å². The first-order valence-corrected chi connectivity index (χ1v) is 11.7. The molecule has 1 aliphatic rings. The van der Waals surface area contributed by atoms with Gasteiger partial charge < -0.3 is 23.7 Å². The summed E-state index contributed by atoms with van der Waals surface area (Å²) in [7, 11) is 0. The summed E-state index contributed by atoms with van der Waals surface area (Å²) in [5, 5.41) is 11.7. The van der Waals surface area contributed by atoms with E-state index in [2.05, 4.69) is 6.58 Å². The van der Waals surface area contributed by atoms with Gasteiger partial charge >= 0.3 is 23.9 Å². The Labute approximate surface area is 226 Å². The van der Waals surface area contributed by atoms with E-state index in [1.54, 1.807) is 0 Å². The molecule has 0 bridgehead atoms. The van der Waals surface area contributed by atoms with Gasteiger partial charge in [-0.25, -0.2) is 19.2 Å². The highest BCUT2D eigenvalue weighted by Gasteiger charge is 2.26. The minimum absolute atomic E-state index is 0.0293. The molecular formula is C28H21NO11. The first-order valence-electron chi connectivity index (χ1n) is 11.7. The van der Waals surface area contributed by atoms with Gasteiger partial charge in [-0.15, -0.1) is 0 Å². The number of nitro benzene ring substituents is 1. The van der Waals surface area contributed by atoms with Crippen LogP contribution in [-0.4, -0.2) is 54.7 Å². The van der Waals surface area contributed by atoms with Gasteiger partial charge in [0.05, 0.1) is 28.2 Å². The molecule has 1 fully saturated rings. The molecule has 0 radical (unpaired) electrons. The lowest BCUT2D eigenvalue weighted by atomic mass is 10.1. The fourth-order valence-corrected chi connectivity index (χ4v) is 3.26. The number of esters is 4. The molecule has 0 saturated carbocycles. The van der Waals surface area contributed by atoms with Crippen molar-refractivity contribution in [2.45, 2.75) is 6.10 Å². The summed E-state index contributed by atoms with van der Waals surface area (Å²) in [4.78, 5) is 59.9. The van der Waals surface area contributed by atoms with Gasteiger partial charge in [-0.05, 0) is 60.7 Å². The van der Waals surface area contributed by atoms with Crippen molar-refractivity contribution in [2.75, 3.05) is 19.8 Å². The Kier molecular flexibility index (Phi) is 8.62. The third kappa shape index (κ3) is 7.14. The zero-order valence-electron chi connectivity index (χ0n) is 20.8. The van der Waals surface area contributed by atoms with Crippen LogP contribution in [0.2, 0.25) is 0 Å². The van der Waals surface area contributed by atoms with Crippen LogP contribution in [0.3, 0.4) is 0 Å². The summed E-state index contributed by atoms with van der Waals surface area (Å²) in [5.41, 5.74) is -0.841. The minimum atomic E-state index is -1.05. The van der Waals surface area contributed by atoms with E-state index in [4.69, 9.17) is 23.7 Å². The molecular weight excluding hydrogens is 526 g/mol. The maximum Gasteiger partial charge on any atom is 0.350 e. The third-order valence-corrected chi connectivity index (χ3v) is 5.39. The zero-order chi connectivity index (χ0) is 28.6. The molecule has 12 nitrogen and oxygen atoms in total. The Morgan fingerprint density at radius 2 is 1.35 bits per heavy atom. The highest BCUT2D eigenvalue weighted by Crippen LogP contribution is 2.24. The zero-order valence-corrected chi connectivity index (χ0v) is 20.8. The molecule has 1 heterocycles. The van der Waals surface area contributed by atoms with Crippen molar-refractivity contribution in [3.8, 4) is 11.5 Å². The summed E-state index contributed by atoms with van der Waals surface area (Å²) < 4.78 is 25.4. The van der Waals surface area contributed by atoms with Gasteiger partial charge in [0.25, 0.3) is 5.69 Å². The van der Waals surface area contributed by atoms with Gasteiger partial charge in [0.15, 0.2) is 0 Å². The molecule has 0 N–H and O–H groups in total. The highest BCUT2D eigenvalue weighted by atomic mass is 16.6. The van der Waals surface area contributed by atoms with E-state index in [-0.39, 0.29) is 47.5 Å². The van der Waals surface area contributed by atoms with Crippen LogP contribution in [-0.2, 0) is 14.2 Å². The van der Waals surface area contributed by atoms with E-state index in [9.17, 15) is 29.3 Å². The second kappa shape index (κ2) is 12.5. The lowest BCUT2D eigenvalue weighted by Crippen LogP contribution is -2.14. The molecule has 40 heavy (non-hydrogen) atoms. The van der Waals surface area contributed by atoms with Crippen LogP contribution in [0.5, 0.6) is 11.5 Å². The predicted molar refractivity (Wildman–Crippen MR) is 136 cm³/mol. The molecule has 3 aromatic carbocycles. The molecule has 12 heteroatoms. The molecule has 204 valence electrons. The molecule has 0 aromatic heterocycles. The summed E-state index contributed by atoms with van der Waals surface area (Å²) in [6.45, 7) is 4.17. The number of epoxide rings is 1.